The minimum atomic E-state index is -0.275. The number of benzene rings is 2. The Kier molecular flexibility index (Phi) is 5.14. The Bertz CT molecular complexity index is 777. The molecule has 2 aliphatic rings. The molecule has 5 heteroatoms. The van der Waals surface area contributed by atoms with Gasteiger partial charge < -0.3 is 19.6 Å². The molecular formula is C22H26N2O3. The summed E-state index contributed by atoms with van der Waals surface area (Å²) in [6.07, 6.45) is 0.303. The largest absolute Gasteiger partial charge is 0.448 e. The summed E-state index contributed by atoms with van der Waals surface area (Å²) in [6, 6.07) is 16.7. The molecule has 1 saturated heterocycles. The SMILES string of the molecule is CN1CCN(C(=O)OCC2c3ccccc3-c3ccccc32)C(CCO)C1. The van der Waals surface area contributed by atoms with Gasteiger partial charge in [-0.05, 0) is 35.7 Å². The highest BCUT2D eigenvalue weighted by molar-refractivity contribution is 5.79. The van der Waals surface area contributed by atoms with Crippen LogP contribution in [0, 0.1) is 0 Å². The average Bonchev–Trinajstić information content (AvgIpc) is 3.00. The molecule has 0 aromatic heterocycles. The molecule has 1 fully saturated rings. The van der Waals surface area contributed by atoms with Gasteiger partial charge in [0.15, 0.2) is 0 Å². The molecule has 0 saturated carbocycles. The molecule has 1 aliphatic heterocycles. The molecule has 0 bridgehead atoms. The van der Waals surface area contributed by atoms with Crippen molar-refractivity contribution < 1.29 is 14.6 Å². The predicted molar refractivity (Wildman–Crippen MR) is 105 cm³/mol. The van der Waals surface area contributed by atoms with Crippen LogP contribution in [0.3, 0.4) is 0 Å². The summed E-state index contributed by atoms with van der Waals surface area (Å²) in [7, 11) is 2.04. The van der Waals surface area contributed by atoms with Gasteiger partial charge in [-0.1, -0.05) is 48.5 Å². The zero-order chi connectivity index (χ0) is 18.8. The van der Waals surface area contributed by atoms with E-state index in [0.717, 1.165) is 13.1 Å². The second-order valence-electron chi connectivity index (χ2n) is 7.43. The van der Waals surface area contributed by atoms with Crippen molar-refractivity contribution in [3.8, 4) is 11.1 Å². The van der Waals surface area contributed by atoms with Gasteiger partial charge in [0.2, 0.25) is 0 Å². The smallest absolute Gasteiger partial charge is 0.410 e. The Hall–Kier alpha value is -2.37. The molecule has 4 rings (SSSR count). The summed E-state index contributed by atoms with van der Waals surface area (Å²) in [6.45, 7) is 2.64. The third-order valence-corrected chi connectivity index (χ3v) is 5.72. The number of aliphatic hydroxyl groups excluding tert-OH is 1. The fourth-order valence-corrected chi connectivity index (χ4v) is 4.32. The van der Waals surface area contributed by atoms with E-state index in [9.17, 15) is 9.90 Å². The fourth-order valence-electron chi connectivity index (χ4n) is 4.32. The van der Waals surface area contributed by atoms with Crippen molar-refractivity contribution in [2.45, 2.75) is 18.4 Å². The van der Waals surface area contributed by atoms with Crippen LogP contribution < -0.4 is 0 Å². The van der Waals surface area contributed by atoms with Crippen LogP contribution in [-0.4, -0.2) is 66.9 Å². The number of fused-ring (bicyclic) bond motifs is 3. The number of carbonyl (C=O) groups is 1. The van der Waals surface area contributed by atoms with E-state index in [1.807, 2.05) is 31.3 Å². The van der Waals surface area contributed by atoms with Crippen molar-refractivity contribution in [2.24, 2.45) is 0 Å². The van der Waals surface area contributed by atoms with E-state index in [-0.39, 0.29) is 24.7 Å². The van der Waals surface area contributed by atoms with Crippen LogP contribution in [0.5, 0.6) is 0 Å². The zero-order valence-corrected chi connectivity index (χ0v) is 15.7. The molecular weight excluding hydrogens is 340 g/mol. The van der Waals surface area contributed by atoms with Crippen molar-refractivity contribution in [1.29, 1.82) is 0 Å². The third kappa shape index (κ3) is 3.45. The Morgan fingerprint density at radius 2 is 1.70 bits per heavy atom. The van der Waals surface area contributed by atoms with Gasteiger partial charge in [-0.2, -0.15) is 0 Å². The monoisotopic (exact) mass is 366 g/mol. The second kappa shape index (κ2) is 7.71. The van der Waals surface area contributed by atoms with Crippen molar-refractivity contribution >= 4 is 6.09 Å². The zero-order valence-electron chi connectivity index (χ0n) is 15.7. The maximum absolute atomic E-state index is 12.8. The lowest BCUT2D eigenvalue weighted by atomic mass is 9.98. The van der Waals surface area contributed by atoms with E-state index in [0.29, 0.717) is 19.6 Å². The van der Waals surface area contributed by atoms with Gasteiger partial charge in [-0.15, -0.1) is 0 Å². The second-order valence-corrected chi connectivity index (χ2v) is 7.43. The molecule has 1 aliphatic carbocycles. The predicted octanol–water partition coefficient (Wildman–Crippen LogP) is 2.93. The van der Waals surface area contributed by atoms with Crippen molar-refractivity contribution in [1.82, 2.24) is 9.80 Å². The van der Waals surface area contributed by atoms with Crippen LogP contribution in [-0.2, 0) is 4.74 Å². The summed E-state index contributed by atoms with van der Waals surface area (Å²) >= 11 is 0. The van der Waals surface area contributed by atoms with E-state index < -0.39 is 0 Å². The summed E-state index contributed by atoms with van der Waals surface area (Å²) in [5, 5.41) is 9.33. The molecule has 0 spiro atoms. The van der Waals surface area contributed by atoms with Crippen LogP contribution in [0.15, 0.2) is 48.5 Å². The number of piperazine rings is 1. The minimum absolute atomic E-state index is 0.00407. The van der Waals surface area contributed by atoms with E-state index in [1.54, 1.807) is 4.90 Å². The first-order valence-electron chi connectivity index (χ1n) is 9.60. The molecule has 1 N–H and O–H groups in total. The van der Waals surface area contributed by atoms with E-state index in [4.69, 9.17) is 4.74 Å². The van der Waals surface area contributed by atoms with Crippen LogP contribution in [0.25, 0.3) is 11.1 Å². The molecule has 1 amide bonds. The molecule has 2 aromatic carbocycles. The lowest BCUT2D eigenvalue weighted by molar-refractivity contribution is 0.0443. The number of amides is 1. The van der Waals surface area contributed by atoms with Gasteiger partial charge in [0, 0.05) is 38.2 Å². The normalized spacial score (nSPS) is 19.6. The number of aliphatic hydroxyl groups is 1. The standard InChI is InChI=1S/C22H26N2O3/c1-23-11-12-24(16(14-23)10-13-25)22(26)27-15-21-19-8-4-2-6-17(19)18-7-3-5-9-20(18)21/h2-9,16,21,25H,10-15H2,1H3. The Morgan fingerprint density at radius 3 is 2.33 bits per heavy atom. The van der Waals surface area contributed by atoms with Crippen molar-refractivity contribution in [3.05, 3.63) is 59.7 Å². The number of carbonyl (C=O) groups excluding carboxylic acids is 1. The third-order valence-electron chi connectivity index (χ3n) is 5.72. The Balaban J connectivity index is 1.49. The first-order valence-corrected chi connectivity index (χ1v) is 9.60. The summed E-state index contributed by atoms with van der Waals surface area (Å²) in [5.74, 6) is 0.0742. The van der Waals surface area contributed by atoms with Crippen LogP contribution in [0.4, 0.5) is 4.79 Å². The highest BCUT2D eigenvalue weighted by Gasteiger charge is 2.32. The fraction of sp³-hybridized carbons (Fsp3) is 0.409. The number of hydrogen-bond acceptors (Lipinski definition) is 4. The number of rotatable bonds is 4. The van der Waals surface area contributed by atoms with Crippen LogP contribution in [0.2, 0.25) is 0 Å². The molecule has 1 heterocycles. The topological polar surface area (TPSA) is 53.0 Å². The number of likely N-dealkylation sites (N-methyl/N-ethyl adjacent to an activating group) is 1. The summed E-state index contributed by atoms with van der Waals surface area (Å²) < 4.78 is 5.78. The van der Waals surface area contributed by atoms with Gasteiger partial charge in [-0.25, -0.2) is 4.79 Å². The maximum atomic E-state index is 12.8. The van der Waals surface area contributed by atoms with Gasteiger partial charge in [0.25, 0.3) is 0 Å². The average molecular weight is 366 g/mol. The first-order chi connectivity index (χ1) is 13.2. The molecule has 2 aromatic rings. The minimum Gasteiger partial charge on any atom is -0.448 e. The molecule has 0 radical (unpaired) electrons. The van der Waals surface area contributed by atoms with E-state index >= 15 is 0 Å². The quantitative estimate of drug-likeness (QED) is 0.904. The number of ether oxygens (including phenoxy) is 1. The van der Waals surface area contributed by atoms with Gasteiger partial charge in [0.05, 0.1) is 0 Å². The Morgan fingerprint density at radius 1 is 1.07 bits per heavy atom. The van der Waals surface area contributed by atoms with Crippen LogP contribution in [0.1, 0.15) is 23.5 Å². The molecule has 1 unspecified atom stereocenters. The van der Waals surface area contributed by atoms with Crippen molar-refractivity contribution in [2.75, 3.05) is 39.9 Å². The highest BCUT2D eigenvalue weighted by Crippen LogP contribution is 2.44. The van der Waals surface area contributed by atoms with Crippen LogP contribution >= 0.6 is 0 Å². The van der Waals surface area contributed by atoms with E-state index in [1.165, 1.54) is 22.3 Å². The van der Waals surface area contributed by atoms with Crippen molar-refractivity contribution in [3.63, 3.8) is 0 Å². The highest BCUT2D eigenvalue weighted by atomic mass is 16.6. The summed E-state index contributed by atoms with van der Waals surface area (Å²) in [5.41, 5.74) is 4.90. The van der Waals surface area contributed by atoms with E-state index in [2.05, 4.69) is 29.2 Å². The number of hydrogen-bond donors (Lipinski definition) is 1. The number of nitrogens with zero attached hydrogens (tertiary/aromatic N) is 2. The first kappa shape index (κ1) is 18.0. The molecule has 142 valence electrons. The van der Waals surface area contributed by atoms with Gasteiger partial charge >= 0.3 is 6.09 Å². The van der Waals surface area contributed by atoms with Gasteiger partial charge in [0.1, 0.15) is 6.61 Å². The summed E-state index contributed by atoms with van der Waals surface area (Å²) in [4.78, 5) is 16.7. The Labute approximate surface area is 160 Å². The molecule has 27 heavy (non-hydrogen) atoms. The lowest BCUT2D eigenvalue weighted by Crippen LogP contribution is -2.54. The van der Waals surface area contributed by atoms with Gasteiger partial charge in [-0.3, -0.25) is 0 Å². The molecule has 5 nitrogen and oxygen atoms in total. The molecule has 1 atom stereocenters. The lowest BCUT2D eigenvalue weighted by Gasteiger charge is -2.39. The maximum Gasteiger partial charge on any atom is 0.410 e.